The molecule has 0 spiro atoms. The Kier molecular flexibility index (Phi) is 3.25. The number of nitrogens with two attached hydrogens (primary N) is 1. The van der Waals surface area contributed by atoms with Crippen LogP contribution in [-0.2, 0) is 6.54 Å². The smallest absolute Gasteiger partial charge is 0.271 e. The maximum Gasteiger partial charge on any atom is 0.271 e. The van der Waals surface area contributed by atoms with E-state index in [1.54, 1.807) is 12.4 Å². The molecule has 2 aromatic rings. The van der Waals surface area contributed by atoms with Gasteiger partial charge in [0.15, 0.2) is 0 Å². The molecule has 86 valence electrons. The average Bonchev–Trinajstić information content (AvgIpc) is 2.38. The highest BCUT2D eigenvalue weighted by molar-refractivity contribution is 5.91. The third-order valence-corrected chi connectivity index (χ3v) is 2.08. The molecule has 2 aromatic heterocycles. The molecular weight excluding hydrogens is 218 g/mol. The summed E-state index contributed by atoms with van der Waals surface area (Å²) in [6.07, 6.45) is 6.05. The number of nitrogens with zero attached hydrogens (tertiary/aromatic N) is 3. The number of carbonyl (C=O) groups is 1. The van der Waals surface area contributed by atoms with Gasteiger partial charge in [-0.15, -0.1) is 0 Å². The van der Waals surface area contributed by atoms with Crippen molar-refractivity contribution in [2.24, 2.45) is 0 Å². The van der Waals surface area contributed by atoms with Crippen LogP contribution in [-0.4, -0.2) is 20.9 Å². The Labute approximate surface area is 97.9 Å². The van der Waals surface area contributed by atoms with Gasteiger partial charge in [-0.25, -0.2) is 9.97 Å². The number of rotatable bonds is 3. The normalized spacial score (nSPS) is 9.88. The lowest BCUT2D eigenvalue weighted by atomic mass is 10.3. The first-order valence-corrected chi connectivity index (χ1v) is 5.00. The predicted molar refractivity (Wildman–Crippen MR) is 61.9 cm³/mol. The fraction of sp³-hybridized carbons (Fsp3) is 0.0909. The number of nitrogen functional groups attached to an aromatic ring is 1. The van der Waals surface area contributed by atoms with E-state index in [9.17, 15) is 4.79 Å². The second-order valence-corrected chi connectivity index (χ2v) is 3.37. The Morgan fingerprint density at radius 1 is 1.29 bits per heavy atom. The van der Waals surface area contributed by atoms with Crippen molar-refractivity contribution in [3.05, 3.63) is 48.2 Å². The highest BCUT2D eigenvalue weighted by Crippen LogP contribution is 1.98. The molecule has 0 radical (unpaired) electrons. The number of pyridine rings is 1. The summed E-state index contributed by atoms with van der Waals surface area (Å²) in [5.41, 5.74) is 6.54. The fourth-order valence-electron chi connectivity index (χ4n) is 1.23. The molecular formula is C11H11N5O. The SMILES string of the molecule is Nc1cnc(C(=O)NCc2cccnc2)cn1. The number of anilines is 1. The minimum Gasteiger partial charge on any atom is -0.382 e. The molecule has 17 heavy (non-hydrogen) atoms. The summed E-state index contributed by atoms with van der Waals surface area (Å²) < 4.78 is 0. The van der Waals surface area contributed by atoms with Gasteiger partial charge in [0.2, 0.25) is 0 Å². The molecule has 0 fully saturated rings. The van der Waals surface area contributed by atoms with E-state index in [0.717, 1.165) is 5.56 Å². The van der Waals surface area contributed by atoms with E-state index >= 15 is 0 Å². The van der Waals surface area contributed by atoms with Crippen LogP contribution in [0.3, 0.4) is 0 Å². The quantitative estimate of drug-likeness (QED) is 0.793. The lowest BCUT2D eigenvalue weighted by Crippen LogP contribution is -2.24. The van der Waals surface area contributed by atoms with Gasteiger partial charge in [-0.1, -0.05) is 6.07 Å². The molecule has 0 aliphatic rings. The van der Waals surface area contributed by atoms with Gasteiger partial charge in [0.25, 0.3) is 5.91 Å². The fourth-order valence-corrected chi connectivity index (χ4v) is 1.23. The maximum atomic E-state index is 11.7. The van der Waals surface area contributed by atoms with Crippen LogP contribution in [0.2, 0.25) is 0 Å². The van der Waals surface area contributed by atoms with E-state index in [-0.39, 0.29) is 17.4 Å². The van der Waals surface area contributed by atoms with Crippen LogP contribution in [0.5, 0.6) is 0 Å². The van der Waals surface area contributed by atoms with Crippen LogP contribution in [0.1, 0.15) is 16.1 Å². The molecule has 0 aliphatic carbocycles. The number of amides is 1. The van der Waals surface area contributed by atoms with Gasteiger partial charge >= 0.3 is 0 Å². The molecule has 0 bridgehead atoms. The summed E-state index contributed by atoms with van der Waals surface area (Å²) in [5, 5.41) is 2.71. The van der Waals surface area contributed by atoms with Crippen LogP contribution < -0.4 is 11.1 Å². The van der Waals surface area contributed by atoms with Crippen LogP contribution in [0.25, 0.3) is 0 Å². The van der Waals surface area contributed by atoms with Crippen molar-refractivity contribution in [2.45, 2.75) is 6.54 Å². The molecule has 3 N–H and O–H groups in total. The summed E-state index contributed by atoms with van der Waals surface area (Å²) >= 11 is 0. The molecule has 0 saturated carbocycles. The third-order valence-electron chi connectivity index (χ3n) is 2.08. The van der Waals surface area contributed by atoms with Crippen molar-refractivity contribution in [1.29, 1.82) is 0 Å². The summed E-state index contributed by atoms with van der Waals surface area (Å²) in [7, 11) is 0. The van der Waals surface area contributed by atoms with Crippen molar-refractivity contribution in [1.82, 2.24) is 20.3 Å². The van der Waals surface area contributed by atoms with Gasteiger partial charge in [0, 0.05) is 18.9 Å². The van der Waals surface area contributed by atoms with Crippen LogP contribution in [0, 0.1) is 0 Å². The number of hydrogen-bond donors (Lipinski definition) is 2. The van der Waals surface area contributed by atoms with Gasteiger partial charge in [0.1, 0.15) is 11.5 Å². The zero-order chi connectivity index (χ0) is 12.1. The Bertz CT molecular complexity index is 497. The summed E-state index contributed by atoms with van der Waals surface area (Å²) in [4.78, 5) is 23.3. The Morgan fingerprint density at radius 2 is 2.18 bits per heavy atom. The van der Waals surface area contributed by atoms with Crippen molar-refractivity contribution >= 4 is 11.7 Å². The first-order valence-electron chi connectivity index (χ1n) is 5.00. The van der Waals surface area contributed by atoms with Gasteiger partial charge in [0.05, 0.1) is 12.4 Å². The Balaban J connectivity index is 1.96. The zero-order valence-electron chi connectivity index (χ0n) is 9.00. The maximum absolute atomic E-state index is 11.7. The molecule has 0 unspecified atom stereocenters. The van der Waals surface area contributed by atoms with E-state index in [1.165, 1.54) is 12.4 Å². The summed E-state index contributed by atoms with van der Waals surface area (Å²) in [6, 6.07) is 3.69. The third kappa shape index (κ3) is 2.97. The van der Waals surface area contributed by atoms with Gasteiger partial charge in [-0.05, 0) is 11.6 Å². The predicted octanol–water partition coefficient (Wildman–Crippen LogP) is 0.384. The minimum atomic E-state index is -0.290. The summed E-state index contributed by atoms with van der Waals surface area (Å²) in [6.45, 7) is 0.402. The minimum absolute atomic E-state index is 0.239. The van der Waals surface area contributed by atoms with Crippen LogP contribution in [0.15, 0.2) is 36.9 Å². The highest BCUT2D eigenvalue weighted by Gasteiger charge is 2.06. The molecule has 6 nitrogen and oxygen atoms in total. The van der Waals surface area contributed by atoms with E-state index in [1.807, 2.05) is 12.1 Å². The topological polar surface area (TPSA) is 93.8 Å². The molecule has 0 aromatic carbocycles. The monoisotopic (exact) mass is 229 g/mol. The molecule has 2 heterocycles. The number of nitrogens with one attached hydrogen (secondary N) is 1. The van der Waals surface area contributed by atoms with E-state index in [2.05, 4.69) is 20.3 Å². The van der Waals surface area contributed by atoms with Crippen molar-refractivity contribution in [3.8, 4) is 0 Å². The largest absolute Gasteiger partial charge is 0.382 e. The van der Waals surface area contributed by atoms with Gasteiger partial charge in [-0.2, -0.15) is 0 Å². The zero-order valence-corrected chi connectivity index (χ0v) is 9.00. The molecule has 0 aliphatic heterocycles. The van der Waals surface area contributed by atoms with Crippen LogP contribution in [0.4, 0.5) is 5.82 Å². The number of carbonyl (C=O) groups excluding carboxylic acids is 1. The van der Waals surface area contributed by atoms with Crippen molar-refractivity contribution in [2.75, 3.05) is 5.73 Å². The van der Waals surface area contributed by atoms with E-state index in [4.69, 9.17) is 5.73 Å². The molecule has 1 amide bonds. The van der Waals surface area contributed by atoms with Gasteiger partial charge in [-0.3, -0.25) is 9.78 Å². The van der Waals surface area contributed by atoms with E-state index < -0.39 is 0 Å². The second-order valence-electron chi connectivity index (χ2n) is 3.37. The number of hydrogen-bond acceptors (Lipinski definition) is 5. The van der Waals surface area contributed by atoms with E-state index in [0.29, 0.717) is 6.54 Å². The number of aromatic nitrogens is 3. The first-order chi connectivity index (χ1) is 8.25. The van der Waals surface area contributed by atoms with Gasteiger partial charge < -0.3 is 11.1 Å². The Hall–Kier alpha value is -2.50. The lowest BCUT2D eigenvalue weighted by molar-refractivity contribution is 0.0945. The highest BCUT2D eigenvalue weighted by atomic mass is 16.1. The standard InChI is InChI=1S/C11H11N5O/c12-10-7-14-9(6-15-10)11(17)16-5-8-2-1-3-13-4-8/h1-4,6-7H,5H2,(H2,12,15)(H,16,17). The van der Waals surface area contributed by atoms with Crippen molar-refractivity contribution in [3.63, 3.8) is 0 Å². The first kappa shape index (κ1) is 11.0. The molecule has 6 heteroatoms. The molecule has 2 rings (SSSR count). The van der Waals surface area contributed by atoms with Crippen molar-refractivity contribution < 1.29 is 4.79 Å². The average molecular weight is 229 g/mol. The summed E-state index contributed by atoms with van der Waals surface area (Å²) in [5.74, 6) is -0.00448. The van der Waals surface area contributed by atoms with Crippen LogP contribution >= 0.6 is 0 Å². The molecule has 0 saturated heterocycles. The molecule has 0 atom stereocenters. The second kappa shape index (κ2) is 5.02. The Morgan fingerprint density at radius 3 is 2.82 bits per heavy atom. The lowest BCUT2D eigenvalue weighted by Gasteiger charge is -2.03.